The molecule has 0 N–H and O–H groups in total. The summed E-state index contributed by atoms with van der Waals surface area (Å²) < 4.78 is 10.4. The quantitative estimate of drug-likeness (QED) is 0.649. The standard InChI is InChI=1S/C12H16O3/c1-14-11-7-10(12(13)8-11)6-9-2-4-15-5-3-9/h6,8-9H,2-5,7H2,1H3/b10-6+. The average molecular weight is 208 g/mol. The molecule has 1 saturated heterocycles. The highest BCUT2D eigenvalue weighted by Gasteiger charge is 2.21. The Morgan fingerprint density at radius 1 is 1.47 bits per heavy atom. The fourth-order valence-electron chi connectivity index (χ4n) is 2.00. The molecule has 1 aliphatic heterocycles. The molecular formula is C12H16O3. The van der Waals surface area contributed by atoms with Crippen LogP contribution < -0.4 is 0 Å². The maximum absolute atomic E-state index is 11.6. The molecule has 0 aromatic rings. The maximum Gasteiger partial charge on any atom is 0.185 e. The number of ketones is 1. The van der Waals surface area contributed by atoms with Gasteiger partial charge in [0.2, 0.25) is 0 Å². The largest absolute Gasteiger partial charge is 0.501 e. The summed E-state index contributed by atoms with van der Waals surface area (Å²) in [6.45, 7) is 1.63. The van der Waals surface area contributed by atoms with Crippen LogP contribution in [0.2, 0.25) is 0 Å². The predicted octanol–water partition coefficient (Wildman–Crippen LogP) is 1.84. The second kappa shape index (κ2) is 4.62. The number of ether oxygens (including phenoxy) is 2. The second-order valence-electron chi connectivity index (χ2n) is 4.00. The molecule has 0 unspecified atom stereocenters. The van der Waals surface area contributed by atoms with Crippen molar-refractivity contribution < 1.29 is 14.3 Å². The molecule has 0 atom stereocenters. The summed E-state index contributed by atoms with van der Waals surface area (Å²) in [7, 11) is 1.61. The van der Waals surface area contributed by atoms with Crippen LogP contribution in [0, 0.1) is 5.92 Å². The molecule has 15 heavy (non-hydrogen) atoms. The van der Waals surface area contributed by atoms with Gasteiger partial charge in [-0.3, -0.25) is 4.79 Å². The van der Waals surface area contributed by atoms with E-state index in [1.54, 1.807) is 13.2 Å². The zero-order valence-corrected chi connectivity index (χ0v) is 8.99. The van der Waals surface area contributed by atoms with Gasteiger partial charge in [0.15, 0.2) is 5.78 Å². The molecule has 0 radical (unpaired) electrons. The van der Waals surface area contributed by atoms with Crippen LogP contribution in [0.1, 0.15) is 19.3 Å². The van der Waals surface area contributed by atoms with Gasteiger partial charge in [-0.25, -0.2) is 0 Å². The van der Waals surface area contributed by atoms with E-state index in [4.69, 9.17) is 9.47 Å². The van der Waals surface area contributed by atoms with Crippen LogP contribution in [0.5, 0.6) is 0 Å². The van der Waals surface area contributed by atoms with Gasteiger partial charge in [-0.2, -0.15) is 0 Å². The van der Waals surface area contributed by atoms with Gasteiger partial charge in [-0.1, -0.05) is 6.08 Å². The van der Waals surface area contributed by atoms with Crippen LogP contribution in [0.15, 0.2) is 23.5 Å². The first-order valence-corrected chi connectivity index (χ1v) is 5.37. The van der Waals surface area contributed by atoms with E-state index in [1.165, 1.54) is 0 Å². The normalized spacial score (nSPS) is 25.8. The first-order valence-electron chi connectivity index (χ1n) is 5.37. The van der Waals surface area contributed by atoms with E-state index in [-0.39, 0.29) is 5.78 Å². The zero-order valence-electron chi connectivity index (χ0n) is 8.99. The van der Waals surface area contributed by atoms with Crippen molar-refractivity contribution in [3.8, 4) is 0 Å². The Balaban J connectivity index is 1.99. The summed E-state index contributed by atoms with van der Waals surface area (Å²) in [6.07, 6.45) is 6.41. The highest BCUT2D eigenvalue weighted by molar-refractivity contribution is 6.07. The third-order valence-electron chi connectivity index (χ3n) is 2.94. The van der Waals surface area contributed by atoms with Crippen LogP contribution in [0.25, 0.3) is 0 Å². The number of carbonyl (C=O) groups is 1. The molecular weight excluding hydrogens is 192 g/mol. The molecule has 0 aromatic heterocycles. The Kier molecular flexibility index (Phi) is 3.21. The third kappa shape index (κ3) is 2.48. The van der Waals surface area contributed by atoms with E-state index in [2.05, 4.69) is 6.08 Å². The molecule has 0 bridgehead atoms. The minimum Gasteiger partial charge on any atom is -0.501 e. The molecule has 0 saturated carbocycles. The molecule has 1 heterocycles. The van der Waals surface area contributed by atoms with Gasteiger partial charge in [0.1, 0.15) is 5.76 Å². The summed E-state index contributed by atoms with van der Waals surface area (Å²) >= 11 is 0. The second-order valence-corrected chi connectivity index (χ2v) is 4.00. The Morgan fingerprint density at radius 2 is 2.20 bits per heavy atom. The number of rotatable bonds is 2. The van der Waals surface area contributed by atoms with Crippen molar-refractivity contribution in [3.63, 3.8) is 0 Å². The zero-order chi connectivity index (χ0) is 10.7. The lowest BCUT2D eigenvalue weighted by molar-refractivity contribution is -0.111. The third-order valence-corrected chi connectivity index (χ3v) is 2.94. The fourth-order valence-corrected chi connectivity index (χ4v) is 2.00. The van der Waals surface area contributed by atoms with Crippen LogP contribution in [0.3, 0.4) is 0 Å². The van der Waals surface area contributed by atoms with Crippen LogP contribution in [-0.2, 0) is 14.3 Å². The van der Waals surface area contributed by atoms with Gasteiger partial charge >= 0.3 is 0 Å². The van der Waals surface area contributed by atoms with E-state index in [0.717, 1.165) is 37.4 Å². The summed E-state index contributed by atoms with van der Waals surface area (Å²) in [5.74, 6) is 1.39. The number of hydrogen-bond acceptors (Lipinski definition) is 3. The van der Waals surface area contributed by atoms with Gasteiger partial charge in [0, 0.05) is 31.3 Å². The lowest BCUT2D eigenvalue weighted by atomic mass is 9.96. The van der Waals surface area contributed by atoms with E-state index in [1.807, 2.05) is 0 Å². The van der Waals surface area contributed by atoms with Gasteiger partial charge in [-0.05, 0) is 18.8 Å². The molecule has 1 fully saturated rings. The Labute approximate surface area is 89.8 Å². The molecule has 2 aliphatic rings. The summed E-state index contributed by atoms with van der Waals surface area (Å²) in [4.78, 5) is 11.6. The highest BCUT2D eigenvalue weighted by Crippen LogP contribution is 2.26. The minimum absolute atomic E-state index is 0.110. The van der Waals surface area contributed by atoms with Gasteiger partial charge in [-0.15, -0.1) is 0 Å². The van der Waals surface area contributed by atoms with Gasteiger partial charge < -0.3 is 9.47 Å². The molecule has 0 spiro atoms. The molecule has 2 rings (SSSR count). The molecule has 3 nitrogen and oxygen atoms in total. The topological polar surface area (TPSA) is 35.5 Å². The average Bonchev–Trinajstić information content (AvgIpc) is 2.61. The van der Waals surface area contributed by atoms with E-state index in [9.17, 15) is 4.79 Å². The lowest BCUT2D eigenvalue weighted by Crippen LogP contribution is -2.14. The smallest absolute Gasteiger partial charge is 0.185 e. The number of methoxy groups -OCH3 is 1. The molecule has 82 valence electrons. The summed E-state index contributed by atoms with van der Waals surface area (Å²) in [5, 5.41) is 0. The first-order chi connectivity index (χ1) is 7.29. The molecule has 0 aromatic carbocycles. The fraction of sp³-hybridized carbons (Fsp3) is 0.583. The maximum atomic E-state index is 11.6. The van der Waals surface area contributed by atoms with Crippen molar-refractivity contribution in [2.75, 3.05) is 20.3 Å². The first kappa shape index (κ1) is 10.4. The van der Waals surface area contributed by atoms with E-state index >= 15 is 0 Å². The number of carbonyl (C=O) groups excluding carboxylic acids is 1. The lowest BCUT2D eigenvalue weighted by Gasteiger charge is -2.19. The predicted molar refractivity (Wildman–Crippen MR) is 56.3 cm³/mol. The number of allylic oxidation sites excluding steroid dienone is 3. The van der Waals surface area contributed by atoms with E-state index < -0.39 is 0 Å². The van der Waals surface area contributed by atoms with Gasteiger partial charge in [0.05, 0.1) is 7.11 Å². The SMILES string of the molecule is COC1=CC(=O)/C(=C/C2CCOCC2)C1. The summed E-state index contributed by atoms with van der Waals surface area (Å²) in [6, 6.07) is 0. The monoisotopic (exact) mass is 208 g/mol. The van der Waals surface area contributed by atoms with Crippen LogP contribution in [0.4, 0.5) is 0 Å². The van der Waals surface area contributed by atoms with Gasteiger partial charge in [0.25, 0.3) is 0 Å². The molecule has 0 amide bonds. The number of hydrogen-bond donors (Lipinski definition) is 0. The Hall–Kier alpha value is -1.09. The van der Waals surface area contributed by atoms with Crippen molar-refractivity contribution in [1.29, 1.82) is 0 Å². The van der Waals surface area contributed by atoms with Crippen molar-refractivity contribution >= 4 is 5.78 Å². The van der Waals surface area contributed by atoms with Crippen molar-refractivity contribution in [1.82, 2.24) is 0 Å². The van der Waals surface area contributed by atoms with Crippen molar-refractivity contribution in [3.05, 3.63) is 23.5 Å². The molecule has 3 heteroatoms. The van der Waals surface area contributed by atoms with Crippen LogP contribution in [-0.4, -0.2) is 26.1 Å². The summed E-state index contributed by atoms with van der Waals surface area (Å²) in [5.41, 5.74) is 0.888. The van der Waals surface area contributed by atoms with Crippen molar-refractivity contribution in [2.45, 2.75) is 19.3 Å². The minimum atomic E-state index is 0.110. The van der Waals surface area contributed by atoms with Crippen LogP contribution >= 0.6 is 0 Å². The highest BCUT2D eigenvalue weighted by atomic mass is 16.5. The van der Waals surface area contributed by atoms with Crippen molar-refractivity contribution in [2.24, 2.45) is 5.92 Å². The molecule has 1 aliphatic carbocycles. The Morgan fingerprint density at radius 3 is 2.80 bits per heavy atom. The van der Waals surface area contributed by atoms with E-state index in [0.29, 0.717) is 12.3 Å². The Bertz CT molecular complexity index is 309.